The molecule has 0 N–H and O–H groups in total. The second-order valence-corrected chi connectivity index (χ2v) is 5.02. The zero-order chi connectivity index (χ0) is 12.9. The monoisotopic (exact) mass is 250 g/mol. The molecule has 0 aromatic heterocycles. The van der Waals surface area contributed by atoms with Crippen LogP contribution in [0.2, 0.25) is 0 Å². The lowest BCUT2D eigenvalue weighted by Crippen LogP contribution is -2.42. The Hall–Kier alpha value is -0.220. The summed E-state index contributed by atoms with van der Waals surface area (Å²) >= 11 is 0. The van der Waals surface area contributed by atoms with Gasteiger partial charge in [-0.3, -0.25) is 0 Å². The topological polar surface area (TPSA) is 18.5 Å². The summed E-state index contributed by atoms with van der Waals surface area (Å²) in [6.45, 7) is 5.92. The van der Waals surface area contributed by atoms with Crippen molar-refractivity contribution in [2.24, 2.45) is 0 Å². The van der Waals surface area contributed by atoms with Gasteiger partial charge in [0.2, 0.25) is 5.92 Å². The van der Waals surface area contributed by atoms with Crippen molar-refractivity contribution in [3.05, 3.63) is 0 Å². The minimum Gasteiger partial charge on any atom is -0.376 e. The van der Waals surface area contributed by atoms with Gasteiger partial charge in [0.15, 0.2) is 0 Å². The lowest BCUT2D eigenvalue weighted by Gasteiger charge is -2.37. The van der Waals surface area contributed by atoms with Crippen LogP contribution in [0.4, 0.5) is 8.78 Å². The van der Waals surface area contributed by atoms with E-state index < -0.39 is 5.92 Å². The Morgan fingerprint density at radius 1 is 1.24 bits per heavy atom. The number of ether oxygens (including phenoxy) is 2. The fourth-order valence-corrected chi connectivity index (χ4v) is 1.88. The second kappa shape index (κ2) is 6.64. The molecule has 0 aromatic carbocycles. The third kappa shape index (κ3) is 5.30. The highest BCUT2D eigenvalue weighted by atomic mass is 19.3. The Labute approximate surface area is 103 Å². The summed E-state index contributed by atoms with van der Waals surface area (Å²) < 4.78 is 37.1. The van der Waals surface area contributed by atoms with E-state index in [2.05, 4.69) is 0 Å². The van der Waals surface area contributed by atoms with Crippen LogP contribution in [0.5, 0.6) is 0 Å². The molecule has 2 unspecified atom stereocenters. The maximum Gasteiger partial charge on any atom is 0.248 e. The van der Waals surface area contributed by atoms with Crippen LogP contribution in [-0.4, -0.2) is 30.8 Å². The van der Waals surface area contributed by atoms with Gasteiger partial charge in [-0.25, -0.2) is 8.78 Å². The number of hydrogen-bond acceptors (Lipinski definition) is 2. The number of halogens is 2. The lowest BCUT2D eigenvalue weighted by molar-refractivity contribution is -0.146. The van der Waals surface area contributed by atoms with Gasteiger partial charge in [0, 0.05) is 19.4 Å². The van der Waals surface area contributed by atoms with Gasteiger partial charge < -0.3 is 9.47 Å². The molecule has 0 radical (unpaired) electrons. The van der Waals surface area contributed by atoms with Crippen molar-refractivity contribution in [2.75, 3.05) is 6.61 Å². The summed E-state index contributed by atoms with van der Waals surface area (Å²) in [7, 11) is 0. The molecular formula is C13H24F2O2. The van der Waals surface area contributed by atoms with Gasteiger partial charge >= 0.3 is 0 Å². The first-order chi connectivity index (χ1) is 7.94. The highest BCUT2D eigenvalue weighted by Crippen LogP contribution is 2.29. The average Bonchev–Trinajstić information content (AvgIpc) is 2.24. The van der Waals surface area contributed by atoms with E-state index in [1.807, 2.05) is 13.8 Å². The van der Waals surface area contributed by atoms with E-state index in [0.717, 1.165) is 12.8 Å². The van der Waals surface area contributed by atoms with E-state index in [1.165, 1.54) is 6.92 Å². The summed E-state index contributed by atoms with van der Waals surface area (Å²) in [5.41, 5.74) is 0. The Bertz CT molecular complexity index is 219. The molecule has 1 saturated carbocycles. The quantitative estimate of drug-likeness (QED) is 0.610. The molecule has 1 fully saturated rings. The molecule has 0 bridgehead atoms. The Morgan fingerprint density at radius 2 is 1.88 bits per heavy atom. The van der Waals surface area contributed by atoms with Gasteiger partial charge in [-0.05, 0) is 33.1 Å². The molecular weight excluding hydrogens is 226 g/mol. The zero-order valence-electron chi connectivity index (χ0n) is 11.0. The molecule has 17 heavy (non-hydrogen) atoms. The largest absolute Gasteiger partial charge is 0.376 e. The van der Waals surface area contributed by atoms with Crippen molar-refractivity contribution in [3.63, 3.8) is 0 Å². The number of hydrogen-bond donors (Lipinski definition) is 0. The van der Waals surface area contributed by atoms with Crippen molar-refractivity contribution in [3.8, 4) is 0 Å². The maximum absolute atomic E-state index is 12.9. The molecule has 0 saturated heterocycles. The standard InChI is InChI=1S/C13H24F2O2/c1-4-13(14,15)8-5-9-16-11-6-7-12(11)17-10(2)3/h10-12H,4-9H2,1-3H3. The number of rotatable bonds is 8. The maximum atomic E-state index is 12.9. The van der Waals surface area contributed by atoms with E-state index in [4.69, 9.17) is 9.47 Å². The first-order valence-corrected chi connectivity index (χ1v) is 6.59. The van der Waals surface area contributed by atoms with Crippen molar-refractivity contribution < 1.29 is 18.3 Å². The smallest absolute Gasteiger partial charge is 0.248 e. The predicted molar refractivity (Wildman–Crippen MR) is 63.5 cm³/mol. The lowest BCUT2D eigenvalue weighted by atomic mass is 9.91. The van der Waals surface area contributed by atoms with Crippen LogP contribution in [0.15, 0.2) is 0 Å². The van der Waals surface area contributed by atoms with Gasteiger partial charge in [0.05, 0.1) is 18.3 Å². The molecule has 1 aliphatic rings. The third-order valence-corrected chi connectivity index (χ3v) is 3.13. The highest BCUT2D eigenvalue weighted by Gasteiger charge is 2.33. The van der Waals surface area contributed by atoms with Crippen LogP contribution in [0.1, 0.15) is 52.9 Å². The summed E-state index contributed by atoms with van der Waals surface area (Å²) in [5.74, 6) is -2.53. The summed E-state index contributed by atoms with van der Waals surface area (Å²) in [6, 6.07) is 0. The first kappa shape index (κ1) is 14.8. The van der Waals surface area contributed by atoms with E-state index in [0.29, 0.717) is 13.0 Å². The van der Waals surface area contributed by atoms with E-state index in [-0.39, 0.29) is 31.2 Å². The minimum atomic E-state index is -2.53. The van der Waals surface area contributed by atoms with E-state index in [1.54, 1.807) is 0 Å². The molecule has 0 aromatic rings. The fourth-order valence-electron chi connectivity index (χ4n) is 1.88. The van der Waals surface area contributed by atoms with E-state index in [9.17, 15) is 8.78 Å². The molecule has 102 valence electrons. The normalized spacial score (nSPS) is 25.1. The van der Waals surface area contributed by atoms with E-state index >= 15 is 0 Å². The molecule has 2 atom stereocenters. The Balaban J connectivity index is 2.07. The van der Waals surface area contributed by atoms with Crippen LogP contribution in [-0.2, 0) is 9.47 Å². The summed E-state index contributed by atoms with van der Waals surface area (Å²) in [5, 5.41) is 0. The molecule has 0 aliphatic heterocycles. The SMILES string of the molecule is CCC(F)(F)CCCOC1CCC1OC(C)C. The van der Waals surface area contributed by atoms with Crippen molar-refractivity contribution in [1.29, 1.82) is 0 Å². The summed E-state index contributed by atoms with van der Waals surface area (Å²) in [6.07, 6.45) is 2.76. The van der Waals surface area contributed by atoms with Crippen LogP contribution < -0.4 is 0 Å². The first-order valence-electron chi connectivity index (χ1n) is 6.59. The molecule has 4 heteroatoms. The average molecular weight is 250 g/mol. The molecule has 0 heterocycles. The van der Waals surface area contributed by atoms with Gasteiger partial charge in [-0.2, -0.15) is 0 Å². The number of alkyl halides is 2. The van der Waals surface area contributed by atoms with Crippen LogP contribution >= 0.6 is 0 Å². The van der Waals surface area contributed by atoms with Crippen LogP contribution in [0.25, 0.3) is 0 Å². The third-order valence-electron chi connectivity index (χ3n) is 3.13. The molecule has 2 nitrogen and oxygen atoms in total. The molecule has 1 aliphatic carbocycles. The Morgan fingerprint density at radius 3 is 2.35 bits per heavy atom. The summed E-state index contributed by atoms with van der Waals surface area (Å²) in [4.78, 5) is 0. The Kier molecular flexibility index (Phi) is 5.80. The van der Waals surface area contributed by atoms with Gasteiger partial charge in [0.25, 0.3) is 0 Å². The van der Waals surface area contributed by atoms with Gasteiger partial charge in [-0.15, -0.1) is 0 Å². The predicted octanol–water partition coefficient (Wildman–Crippen LogP) is 3.78. The molecule has 0 amide bonds. The highest BCUT2D eigenvalue weighted by molar-refractivity contribution is 4.83. The van der Waals surface area contributed by atoms with Crippen LogP contribution in [0.3, 0.4) is 0 Å². The van der Waals surface area contributed by atoms with Gasteiger partial charge in [0.1, 0.15) is 0 Å². The van der Waals surface area contributed by atoms with Crippen molar-refractivity contribution in [1.82, 2.24) is 0 Å². The molecule has 1 rings (SSSR count). The van der Waals surface area contributed by atoms with Crippen LogP contribution in [0, 0.1) is 0 Å². The van der Waals surface area contributed by atoms with Crippen molar-refractivity contribution >= 4 is 0 Å². The molecule has 0 spiro atoms. The van der Waals surface area contributed by atoms with Gasteiger partial charge in [-0.1, -0.05) is 6.92 Å². The fraction of sp³-hybridized carbons (Fsp3) is 1.00. The zero-order valence-corrected chi connectivity index (χ0v) is 11.0. The minimum absolute atomic E-state index is 0.0775. The van der Waals surface area contributed by atoms with Crippen molar-refractivity contribution in [2.45, 2.75) is 77.1 Å². The second-order valence-electron chi connectivity index (χ2n) is 5.02.